The standard InChI is InChI=1S/C24H33N3O4S/c28-24(15-14-22-13-10-16-25-19-22)26-17-8-3-1-2-4-9-18-27(32(29)30)21-31-20-23-11-6-5-7-12-23/h5-7,10-16,19H,1-4,8-9,17-18,20-21H2,(H,26,28)(H,29,30)/p-1. The molecule has 2 rings (SSSR count). The Morgan fingerprint density at radius 1 is 1.06 bits per heavy atom. The van der Waals surface area contributed by atoms with Crippen LogP contribution in [0.25, 0.3) is 6.08 Å². The first kappa shape index (κ1) is 25.9. The minimum atomic E-state index is -2.28. The Hall–Kier alpha value is -2.39. The zero-order chi connectivity index (χ0) is 22.9. The summed E-state index contributed by atoms with van der Waals surface area (Å²) >= 11 is -2.28. The van der Waals surface area contributed by atoms with Gasteiger partial charge in [0.05, 0.1) is 6.61 Å². The fourth-order valence-electron chi connectivity index (χ4n) is 3.06. The van der Waals surface area contributed by atoms with E-state index < -0.39 is 11.3 Å². The van der Waals surface area contributed by atoms with Gasteiger partial charge in [0.2, 0.25) is 5.91 Å². The van der Waals surface area contributed by atoms with E-state index in [-0.39, 0.29) is 12.6 Å². The van der Waals surface area contributed by atoms with Crippen molar-refractivity contribution < 1.29 is 18.3 Å². The fraction of sp³-hybridized carbons (Fsp3) is 0.417. The SMILES string of the molecule is O=C(C=Cc1cccnc1)NCCCCCCCCN(COCc1ccccc1)S(=O)[O-]. The number of amides is 1. The first-order valence-electron chi connectivity index (χ1n) is 11.0. The summed E-state index contributed by atoms with van der Waals surface area (Å²) in [6.07, 6.45) is 12.5. The van der Waals surface area contributed by atoms with Crippen molar-refractivity contribution in [2.45, 2.75) is 45.1 Å². The highest BCUT2D eigenvalue weighted by molar-refractivity contribution is 7.76. The molecule has 1 atom stereocenters. The largest absolute Gasteiger partial charge is 0.760 e. The lowest BCUT2D eigenvalue weighted by atomic mass is 10.1. The Bertz CT molecular complexity index is 819. The van der Waals surface area contributed by atoms with Crippen molar-refractivity contribution in [1.82, 2.24) is 14.6 Å². The lowest BCUT2D eigenvalue weighted by molar-refractivity contribution is -0.116. The van der Waals surface area contributed by atoms with Crippen molar-refractivity contribution in [1.29, 1.82) is 0 Å². The van der Waals surface area contributed by atoms with Crippen LogP contribution >= 0.6 is 0 Å². The molecule has 7 nitrogen and oxygen atoms in total. The Labute approximate surface area is 193 Å². The topological polar surface area (TPSA) is 94.6 Å². The van der Waals surface area contributed by atoms with Gasteiger partial charge in [0.25, 0.3) is 0 Å². The third-order valence-corrected chi connectivity index (χ3v) is 5.51. The summed E-state index contributed by atoms with van der Waals surface area (Å²) in [5.41, 5.74) is 1.91. The van der Waals surface area contributed by atoms with Crippen LogP contribution in [0.2, 0.25) is 0 Å². The molecule has 0 radical (unpaired) electrons. The Morgan fingerprint density at radius 3 is 2.53 bits per heavy atom. The van der Waals surface area contributed by atoms with Gasteiger partial charge >= 0.3 is 0 Å². The number of rotatable bonds is 16. The van der Waals surface area contributed by atoms with Crippen molar-refractivity contribution in [2.24, 2.45) is 0 Å². The third-order valence-electron chi connectivity index (χ3n) is 4.80. The van der Waals surface area contributed by atoms with E-state index in [9.17, 15) is 13.6 Å². The highest BCUT2D eigenvalue weighted by atomic mass is 32.2. The van der Waals surface area contributed by atoms with Crippen LogP contribution < -0.4 is 5.32 Å². The summed E-state index contributed by atoms with van der Waals surface area (Å²) in [6, 6.07) is 13.4. The molecule has 0 aliphatic heterocycles. The van der Waals surface area contributed by atoms with Crippen molar-refractivity contribution in [3.63, 3.8) is 0 Å². The second-order valence-electron chi connectivity index (χ2n) is 7.42. The predicted octanol–water partition coefficient (Wildman–Crippen LogP) is 3.82. The number of hydrogen-bond donors (Lipinski definition) is 1. The van der Waals surface area contributed by atoms with Gasteiger partial charge in [-0.3, -0.25) is 14.0 Å². The van der Waals surface area contributed by atoms with E-state index in [2.05, 4.69) is 10.3 Å². The summed E-state index contributed by atoms with van der Waals surface area (Å²) in [5, 5.41) is 2.88. The Kier molecular flexibility index (Phi) is 13.2. The average Bonchev–Trinajstić information content (AvgIpc) is 2.81. The van der Waals surface area contributed by atoms with Crippen LogP contribution in [0.15, 0.2) is 60.9 Å². The van der Waals surface area contributed by atoms with Gasteiger partial charge in [-0.2, -0.15) is 0 Å². The number of ether oxygens (including phenoxy) is 1. The van der Waals surface area contributed by atoms with Crippen molar-refractivity contribution >= 4 is 23.2 Å². The van der Waals surface area contributed by atoms with Gasteiger partial charge in [0.1, 0.15) is 6.73 Å². The normalized spacial score (nSPS) is 12.3. The molecule has 1 aromatic heterocycles. The summed E-state index contributed by atoms with van der Waals surface area (Å²) in [4.78, 5) is 15.8. The van der Waals surface area contributed by atoms with Gasteiger partial charge in [-0.05, 0) is 36.1 Å². The van der Waals surface area contributed by atoms with Gasteiger partial charge in [0, 0.05) is 42.8 Å². The van der Waals surface area contributed by atoms with E-state index in [1.165, 1.54) is 10.4 Å². The molecule has 1 N–H and O–H groups in total. The number of benzene rings is 1. The van der Waals surface area contributed by atoms with Crippen LogP contribution in [0.1, 0.15) is 49.7 Å². The molecule has 0 saturated carbocycles. The molecule has 0 aliphatic carbocycles. The molecule has 1 amide bonds. The maximum absolute atomic E-state index is 11.8. The minimum absolute atomic E-state index is 0.0694. The van der Waals surface area contributed by atoms with E-state index in [1.807, 2.05) is 42.5 Å². The molecule has 0 saturated heterocycles. The molecule has 0 aliphatic rings. The maximum Gasteiger partial charge on any atom is 0.243 e. The smallest absolute Gasteiger partial charge is 0.243 e. The number of pyridine rings is 1. The number of unbranched alkanes of at least 4 members (excludes halogenated alkanes) is 5. The summed E-state index contributed by atoms with van der Waals surface area (Å²) < 4.78 is 29.6. The van der Waals surface area contributed by atoms with E-state index in [1.54, 1.807) is 18.5 Å². The number of nitrogens with one attached hydrogen (secondary N) is 1. The maximum atomic E-state index is 11.8. The van der Waals surface area contributed by atoms with E-state index in [0.29, 0.717) is 19.7 Å². The Morgan fingerprint density at radius 2 is 1.81 bits per heavy atom. The van der Waals surface area contributed by atoms with E-state index >= 15 is 0 Å². The Balaban J connectivity index is 1.46. The van der Waals surface area contributed by atoms with Crippen LogP contribution in [0, 0.1) is 0 Å². The summed E-state index contributed by atoms with van der Waals surface area (Å²) in [7, 11) is 0. The molecule has 8 heteroatoms. The van der Waals surface area contributed by atoms with Crippen molar-refractivity contribution in [3.8, 4) is 0 Å². The molecular weight excluding hydrogens is 426 g/mol. The molecule has 0 bridgehead atoms. The average molecular weight is 459 g/mol. The van der Waals surface area contributed by atoms with Crippen molar-refractivity contribution in [2.75, 3.05) is 19.8 Å². The molecule has 1 aromatic carbocycles. The van der Waals surface area contributed by atoms with Gasteiger partial charge in [-0.15, -0.1) is 0 Å². The van der Waals surface area contributed by atoms with Crippen LogP contribution in [0.4, 0.5) is 0 Å². The number of carbonyl (C=O) groups is 1. The first-order valence-corrected chi connectivity index (χ1v) is 12.0. The van der Waals surface area contributed by atoms with Gasteiger partial charge < -0.3 is 14.6 Å². The highest BCUT2D eigenvalue weighted by Gasteiger charge is 2.05. The summed E-state index contributed by atoms with van der Waals surface area (Å²) in [5.74, 6) is -0.103. The molecule has 32 heavy (non-hydrogen) atoms. The monoisotopic (exact) mass is 458 g/mol. The number of nitrogens with zero attached hydrogens (tertiary/aromatic N) is 2. The van der Waals surface area contributed by atoms with Gasteiger partial charge in [0.15, 0.2) is 0 Å². The second-order valence-corrected chi connectivity index (χ2v) is 8.37. The van der Waals surface area contributed by atoms with Crippen LogP contribution in [-0.2, 0) is 27.4 Å². The molecule has 1 unspecified atom stereocenters. The minimum Gasteiger partial charge on any atom is -0.760 e. The van der Waals surface area contributed by atoms with E-state index in [0.717, 1.165) is 49.7 Å². The van der Waals surface area contributed by atoms with Crippen LogP contribution in [-0.4, -0.2) is 43.8 Å². The van der Waals surface area contributed by atoms with E-state index in [4.69, 9.17) is 4.74 Å². The second kappa shape index (κ2) is 16.3. The molecule has 0 fully saturated rings. The lowest BCUT2D eigenvalue weighted by Gasteiger charge is -2.23. The lowest BCUT2D eigenvalue weighted by Crippen LogP contribution is -2.29. The van der Waals surface area contributed by atoms with Crippen molar-refractivity contribution in [3.05, 3.63) is 72.1 Å². The first-order chi connectivity index (χ1) is 15.6. The number of carbonyl (C=O) groups excluding carboxylic acids is 1. The molecule has 0 spiro atoms. The van der Waals surface area contributed by atoms with Gasteiger partial charge in [-0.1, -0.05) is 62.1 Å². The number of aromatic nitrogens is 1. The molecule has 2 aromatic rings. The third kappa shape index (κ3) is 11.9. The molecule has 174 valence electrons. The zero-order valence-electron chi connectivity index (χ0n) is 18.4. The molecule has 1 heterocycles. The number of hydrogen-bond acceptors (Lipinski definition) is 5. The van der Waals surface area contributed by atoms with Gasteiger partial charge in [-0.25, -0.2) is 4.31 Å². The fourth-order valence-corrected chi connectivity index (χ4v) is 3.50. The summed E-state index contributed by atoms with van der Waals surface area (Å²) in [6.45, 7) is 1.58. The van der Waals surface area contributed by atoms with Crippen LogP contribution in [0.5, 0.6) is 0 Å². The predicted molar refractivity (Wildman–Crippen MR) is 126 cm³/mol. The molecular formula is C24H32N3O4S-. The zero-order valence-corrected chi connectivity index (χ0v) is 19.2. The highest BCUT2D eigenvalue weighted by Crippen LogP contribution is 2.08. The quantitative estimate of drug-likeness (QED) is 0.179. The van der Waals surface area contributed by atoms with Crippen LogP contribution in [0.3, 0.4) is 0 Å².